The number of nitro groups is 1. The van der Waals surface area contributed by atoms with Crippen LogP contribution in [-0.2, 0) is 0 Å². The molecule has 0 amide bonds. The molecule has 0 atom stereocenters. The summed E-state index contributed by atoms with van der Waals surface area (Å²) in [5, 5.41) is 13.1. The molecule has 1 aliphatic rings. The monoisotopic (exact) mass is 364 g/mol. The third kappa shape index (κ3) is 3.17. The van der Waals surface area contributed by atoms with E-state index >= 15 is 0 Å². The highest BCUT2D eigenvalue weighted by atomic mass is 16.6. The van der Waals surface area contributed by atoms with E-state index in [2.05, 4.69) is 21.8 Å². The van der Waals surface area contributed by atoms with Crippen molar-refractivity contribution in [1.29, 1.82) is 0 Å². The summed E-state index contributed by atoms with van der Waals surface area (Å²) in [5.41, 5.74) is 2.06. The normalized spacial score (nSPS) is 15.2. The first-order valence-corrected chi connectivity index (χ1v) is 8.87. The van der Waals surface area contributed by atoms with Crippen molar-refractivity contribution in [1.82, 2.24) is 9.88 Å². The number of piperazine rings is 1. The molecule has 0 radical (unpaired) electrons. The molecule has 27 heavy (non-hydrogen) atoms. The Morgan fingerprint density at radius 1 is 1.04 bits per heavy atom. The Kier molecular flexibility index (Phi) is 4.37. The van der Waals surface area contributed by atoms with E-state index in [9.17, 15) is 14.9 Å². The second-order valence-electron chi connectivity index (χ2n) is 6.83. The van der Waals surface area contributed by atoms with E-state index in [4.69, 9.17) is 0 Å². The molecule has 4 rings (SSSR count). The van der Waals surface area contributed by atoms with E-state index in [0.29, 0.717) is 16.6 Å². The third-order valence-electron chi connectivity index (χ3n) is 5.14. The number of hydrogen-bond acceptors (Lipinski definition) is 5. The van der Waals surface area contributed by atoms with E-state index in [1.165, 1.54) is 0 Å². The highest BCUT2D eigenvalue weighted by Crippen LogP contribution is 2.35. The van der Waals surface area contributed by atoms with Gasteiger partial charge in [-0.1, -0.05) is 24.3 Å². The fourth-order valence-electron chi connectivity index (χ4n) is 3.60. The Bertz CT molecular complexity index is 1070. The number of aromatic nitrogens is 1. The predicted octanol–water partition coefficient (Wildman–Crippen LogP) is 2.86. The smallest absolute Gasteiger partial charge is 0.293 e. The lowest BCUT2D eigenvalue weighted by Crippen LogP contribution is -2.44. The molecule has 1 fully saturated rings. The summed E-state index contributed by atoms with van der Waals surface area (Å²) in [4.78, 5) is 30.5. The van der Waals surface area contributed by atoms with E-state index in [1.807, 2.05) is 24.3 Å². The fourth-order valence-corrected chi connectivity index (χ4v) is 3.60. The summed E-state index contributed by atoms with van der Waals surface area (Å²) in [6.45, 7) is 3.28. The number of nitrogens with zero attached hydrogens (tertiary/aromatic N) is 3. The van der Waals surface area contributed by atoms with Gasteiger partial charge < -0.3 is 14.8 Å². The van der Waals surface area contributed by atoms with Gasteiger partial charge in [0.05, 0.1) is 4.92 Å². The van der Waals surface area contributed by atoms with Gasteiger partial charge in [-0.2, -0.15) is 0 Å². The molecule has 138 valence electrons. The largest absolute Gasteiger partial charge is 0.363 e. The summed E-state index contributed by atoms with van der Waals surface area (Å²) in [7, 11) is 2.05. The van der Waals surface area contributed by atoms with Crippen molar-refractivity contribution in [3.8, 4) is 11.1 Å². The van der Waals surface area contributed by atoms with Crippen LogP contribution in [0.3, 0.4) is 0 Å². The van der Waals surface area contributed by atoms with Gasteiger partial charge in [-0.15, -0.1) is 0 Å². The molecule has 1 aromatic heterocycles. The first-order valence-electron chi connectivity index (χ1n) is 8.87. The minimum Gasteiger partial charge on any atom is -0.363 e. The lowest BCUT2D eigenvalue weighted by molar-refractivity contribution is -0.384. The van der Waals surface area contributed by atoms with Gasteiger partial charge in [0.2, 0.25) is 0 Å². The fraction of sp³-hybridized carbons (Fsp3) is 0.250. The van der Waals surface area contributed by atoms with Crippen LogP contribution in [0.5, 0.6) is 0 Å². The van der Waals surface area contributed by atoms with Crippen LogP contribution in [0.1, 0.15) is 0 Å². The number of H-pyrrole nitrogens is 1. The SMILES string of the molecule is CN1CCN(c2ccc(-c3c[nH]c(=O)c4ccccc34)cc2[N+](=O)[O-])CC1. The van der Waals surface area contributed by atoms with Gasteiger partial charge in [0.1, 0.15) is 5.69 Å². The molecule has 1 saturated heterocycles. The van der Waals surface area contributed by atoms with Crippen molar-refractivity contribution in [2.24, 2.45) is 0 Å². The van der Waals surface area contributed by atoms with Crippen LogP contribution >= 0.6 is 0 Å². The zero-order chi connectivity index (χ0) is 19.0. The Morgan fingerprint density at radius 2 is 1.74 bits per heavy atom. The molecular weight excluding hydrogens is 344 g/mol. The van der Waals surface area contributed by atoms with Gasteiger partial charge in [0, 0.05) is 49.4 Å². The van der Waals surface area contributed by atoms with Crippen molar-refractivity contribution in [3.05, 3.63) is 69.1 Å². The number of rotatable bonds is 3. The zero-order valence-corrected chi connectivity index (χ0v) is 15.0. The molecule has 1 N–H and O–H groups in total. The molecule has 3 aromatic rings. The minimum absolute atomic E-state index is 0.0901. The van der Waals surface area contributed by atoms with E-state index < -0.39 is 0 Å². The number of nitrogens with one attached hydrogen (secondary N) is 1. The summed E-state index contributed by atoms with van der Waals surface area (Å²) in [5.74, 6) is 0. The van der Waals surface area contributed by atoms with Gasteiger partial charge in [0.25, 0.3) is 11.2 Å². The standard InChI is InChI=1S/C20H20N4O3/c1-22-8-10-23(11-9-22)18-7-6-14(12-19(18)24(26)27)17-13-21-20(25)16-5-3-2-4-15(16)17/h2-7,12-13H,8-11H2,1H3,(H,21,25). The predicted molar refractivity (Wildman–Crippen MR) is 106 cm³/mol. The van der Waals surface area contributed by atoms with Crippen LogP contribution < -0.4 is 10.5 Å². The molecule has 0 aliphatic carbocycles. The second kappa shape index (κ2) is 6.85. The molecule has 0 saturated carbocycles. The van der Waals surface area contributed by atoms with Crippen molar-refractivity contribution in [2.45, 2.75) is 0 Å². The molecule has 0 unspecified atom stereocenters. The number of benzene rings is 2. The maximum absolute atomic E-state index is 12.1. The van der Waals surface area contributed by atoms with Crippen molar-refractivity contribution < 1.29 is 4.92 Å². The van der Waals surface area contributed by atoms with Gasteiger partial charge in [-0.3, -0.25) is 14.9 Å². The van der Waals surface area contributed by atoms with Gasteiger partial charge >= 0.3 is 0 Å². The Balaban J connectivity index is 1.82. The van der Waals surface area contributed by atoms with Crippen LogP contribution in [-0.4, -0.2) is 48.0 Å². The highest BCUT2D eigenvalue weighted by molar-refractivity contribution is 5.96. The third-order valence-corrected chi connectivity index (χ3v) is 5.14. The van der Waals surface area contributed by atoms with Crippen LogP contribution in [0.15, 0.2) is 53.5 Å². The average molecular weight is 364 g/mol. The molecule has 0 bridgehead atoms. The van der Waals surface area contributed by atoms with E-state index in [0.717, 1.165) is 37.1 Å². The van der Waals surface area contributed by atoms with Crippen molar-refractivity contribution in [2.75, 3.05) is 38.1 Å². The summed E-state index contributed by atoms with van der Waals surface area (Å²) in [6, 6.07) is 12.6. The van der Waals surface area contributed by atoms with E-state index in [-0.39, 0.29) is 16.2 Å². The molecule has 7 heteroatoms. The molecule has 2 heterocycles. The quantitative estimate of drug-likeness (QED) is 0.571. The Morgan fingerprint density at radius 3 is 2.44 bits per heavy atom. The number of aromatic amines is 1. The van der Waals surface area contributed by atoms with Gasteiger partial charge in [-0.25, -0.2) is 0 Å². The zero-order valence-electron chi connectivity index (χ0n) is 15.0. The van der Waals surface area contributed by atoms with E-state index in [1.54, 1.807) is 24.4 Å². The topological polar surface area (TPSA) is 82.5 Å². The Hall–Kier alpha value is -3.19. The van der Waals surface area contributed by atoms with Crippen molar-refractivity contribution >= 4 is 22.1 Å². The average Bonchev–Trinajstić information content (AvgIpc) is 2.69. The summed E-state index contributed by atoms with van der Waals surface area (Å²) in [6.07, 6.45) is 1.62. The summed E-state index contributed by atoms with van der Waals surface area (Å²) < 4.78 is 0. The molecule has 7 nitrogen and oxygen atoms in total. The van der Waals surface area contributed by atoms with Crippen LogP contribution in [0.2, 0.25) is 0 Å². The molecule has 0 spiro atoms. The van der Waals surface area contributed by atoms with Crippen LogP contribution in [0.4, 0.5) is 11.4 Å². The maximum atomic E-state index is 12.1. The lowest BCUT2D eigenvalue weighted by Gasteiger charge is -2.33. The van der Waals surface area contributed by atoms with Gasteiger partial charge in [0.15, 0.2) is 0 Å². The number of nitro benzene ring substituents is 1. The van der Waals surface area contributed by atoms with Gasteiger partial charge in [-0.05, 0) is 30.1 Å². The second-order valence-corrected chi connectivity index (χ2v) is 6.83. The van der Waals surface area contributed by atoms with Crippen LogP contribution in [0.25, 0.3) is 21.9 Å². The highest BCUT2D eigenvalue weighted by Gasteiger charge is 2.23. The summed E-state index contributed by atoms with van der Waals surface area (Å²) >= 11 is 0. The van der Waals surface area contributed by atoms with Crippen LogP contribution in [0, 0.1) is 10.1 Å². The number of hydrogen-bond donors (Lipinski definition) is 1. The lowest BCUT2D eigenvalue weighted by atomic mass is 9.99. The minimum atomic E-state index is -0.328. The first kappa shape index (κ1) is 17.2. The molecular formula is C20H20N4O3. The number of anilines is 1. The molecule has 2 aromatic carbocycles. The number of likely N-dealkylation sites (N-methyl/N-ethyl adjacent to an activating group) is 1. The Labute approximate surface area is 156 Å². The number of pyridine rings is 1. The first-order chi connectivity index (χ1) is 13.0. The maximum Gasteiger partial charge on any atom is 0.293 e. The molecule has 1 aliphatic heterocycles. The van der Waals surface area contributed by atoms with Crippen molar-refractivity contribution in [3.63, 3.8) is 0 Å². The number of fused-ring (bicyclic) bond motifs is 1.